The molecule has 4 heteroatoms. The Morgan fingerprint density at radius 1 is 1.29 bits per heavy atom. The Kier molecular flexibility index (Phi) is 3.31. The van der Waals surface area contributed by atoms with E-state index in [0.29, 0.717) is 5.69 Å². The van der Waals surface area contributed by atoms with Crippen LogP contribution in [0.2, 0.25) is 0 Å². The molecule has 92 valence electrons. The van der Waals surface area contributed by atoms with E-state index in [1.807, 2.05) is 6.07 Å². The minimum Gasteiger partial charge on any atom is -0.356 e. The lowest BCUT2D eigenvalue weighted by molar-refractivity contribution is -0.127. The molecule has 0 aromatic carbocycles. The smallest absolute Gasteiger partial charge is 0.229 e. The van der Waals surface area contributed by atoms with Gasteiger partial charge in [0, 0.05) is 19.8 Å². The first-order valence-corrected chi connectivity index (χ1v) is 6.02. The molecule has 1 N–H and O–H groups in total. The van der Waals surface area contributed by atoms with Gasteiger partial charge in [-0.2, -0.15) is 0 Å². The number of hydrogen-bond donors (Lipinski definition) is 1. The van der Waals surface area contributed by atoms with Crippen LogP contribution in [0.5, 0.6) is 0 Å². The molecule has 0 aliphatic heterocycles. The summed E-state index contributed by atoms with van der Waals surface area (Å²) < 4.78 is 0. The number of H-pyrrole nitrogens is 1. The topological polar surface area (TPSA) is 53.2 Å². The quantitative estimate of drug-likeness (QED) is 0.637. The van der Waals surface area contributed by atoms with Gasteiger partial charge in [0.05, 0.1) is 12.1 Å². The molecular formula is C13H18N2O2. The Hall–Kier alpha value is -1.58. The minimum atomic E-state index is -0.150. The minimum absolute atomic E-state index is 0.0492. The summed E-state index contributed by atoms with van der Waals surface area (Å²) in [6.45, 7) is 0. The third-order valence-electron chi connectivity index (χ3n) is 3.23. The van der Waals surface area contributed by atoms with Gasteiger partial charge in [-0.05, 0) is 37.3 Å². The fourth-order valence-corrected chi connectivity index (χ4v) is 2.14. The van der Waals surface area contributed by atoms with Gasteiger partial charge in [0.1, 0.15) is 0 Å². The summed E-state index contributed by atoms with van der Waals surface area (Å²) in [4.78, 5) is 28.0. The second-order valence-corrected chi connectivity index (χ2v) is 4.78. The van der Waals surface area contributed by atoms with E-state index in [0.717, 1.165) is 12.8 Å². The zero-order valence-corrected chi connectivity index (χ0v) is 10.4. The van der Waals surface area contributed by atoms with Gasteiger partial charge in [-0.3, -0.25) is 9.59 Å². The second kappa shape index (κ2) is 4.73. The predicted octanol–water partition coefficient (Wildman–Crippen LogP) is 1.55. The van der Waals surface area contributed by atoms with Crippen LogP contribution in [-0.2, 0) is 17.6 Å². The molecule has 0 spiro atoms. The average Bonchev–Trinajstić information content (AvgIpc) is 2.72. The molecule has 1 aromatic rings. The molecule has 0 bridgehead atoms. The van der Waals surface area contributed by atoms with E-state index in [4.69, 9.17) is 0 Å². The summed E-state index contributed by atoms with van der Waals surface area (Å²) in [6, 6.07) is 1.92. The summed E-state index contributed by atoms with van der Waals surface area (Å²) >= 11 is 0. The van der Waals surface area contributed by atoms with Crippen molar-refractivity contribution < 1.29 is 9.59 Å². The molecule has 0 radical (unpaired) electrons. The second-order valence-electron chi connectivity index (χ2n) is 4.78. The molecule has 17 heavy (non-hydrogen) atoms. The third kappa shape index (κ3) is 2.57. The first-order chi connectivity index (χ1) is 8.08. The van der Waals surface area contributed by atoms with Crippen LogP contribution in [0.4, 0.5) is 0 Å². The molecule has 0 fully saturated rings. The maximum atomic E-state index is 11.9. The van der Waals surface area contributed by atoms with Crippen molar-refractivity contribution in [3.8, 4) is 0 Å². The van der Waals surface area contributed by atoms with Crippen molar-refractivity contribution in [2.75, 3.05) is 14.1 Å². The summed E-state index contributed by atoms with van der Waals surface area (Å²) in [5.41, 5.74) is 3.01. The Balaban J connectivity index is 2.09. The van der Waals surface area contributed by atoms with E-state index >= 15 is 0 Å². The maximum absolute atomic E-state index is 11.9. The van der Waals surface area contributed by atoms with Crippen molar-refractivity contribution in [1.29, 1.82) is 0 Å². The summed E-state index contributed by atoms with van der Waals surface area (Å²) in [5, 5.41) is 0. The number of aromatic nitrogens is 1. The van der Waals surface area contributed by atoms with Gasteiger partial charge in [0.15, 0.2) is 5.78 Å². The van der Waals surface area contributed by atoms with E-state index in [9.17, 15) is 9.59 Å². The van der Waals surface area contributed by atoms with Crippen LogP contribution in [0.25, 0.3) is 0 Å². The number of nitrogens with zero attached hydrogens (tertiary/aromatic N) is 1. The van der Waals surface area contributed by atoms with Gasteiger partial charge in [-0.15, -0.1) is 0 Å². The largest absolute Gasteiger partial charge is 0.356 e. The predicted molar refractivity (Wildman–Crippen MR) is 65.1 cm³/mol. The molecule has 1 heterocycles. The molecule has 0 atom stereocenters. The standard InChI is InChI=1S/C13H18N2O2/c1-15(2)13(17)8-12(16)11-7-9-5-3-4-6-10(9)14-11/h7,14H,3-6,8H2,1-2H3. The number of fused-ring (bicyclic) bond motifs is 1. The number of ketones is 1. The Morgan fingerprint density at radius 2 is 2.00 bits per heavy atom. The SMILES string of the molecule is CN(C)C(=O)CC(=O)c1cc2c([nH]1)CCCC2. The molecule has 0 unspecified atom stereocenters. The lowest BCUT2D eigenvalue weighted by Gasteiger charge is -2.09. The van der Waals surface area contributed by atoms with Gasteiger partial charge >= 0.3 is 0 Å². The van der Waals surface area contributed by atoms with Crippen LogP contribution < -0.4 is 0 Å². The van der Waals surface area contributed by atoms with E-state index in [1.165, 1.54) is 29.0 Å². The van der Waals surface area contributed by atoms with Gasteiger partial charge in [0.2, 0.25) is 5.91 Å². The molecule has 4 nitrogen and oxygen atoms in total. The zero-order chi connectivity index (χ0) is 12.4. The van der Waals surface area contributed by atoms with Crippen molar-refractivity contribution in [3.63, 3.8) is 0 Å². The first-order valence-electron chi connectivity index (χ1n) is 6.02. The highest BCUT2D eigenvalue weighted by atomic mass is 16.2. The van der Waals surface area contributed by atoms with Gasteiger partial charge < -0.3 is 9.88 Å². The van der Waals surface area contributed by atoms with Crippen molar-refractivity contribution in [2.24, 2.45) is 0 Å². The summed E-state index contributed by atoms with van der Waals surface area (Å²) in [7, 11) is 3.32. The first kappa shape index (κ1) is 11.9. The molecule has 0 saturated heterocycles. The number of hydrogen-bond acceptors (Lipinski definition) is 2. The number of aryl methyl sites for hydroxylation is 2. The fraction of sp³-hybridized carbons (Fsp3) is 0.538. The monoisotopic (exact) mass is 234 g/mol. The molecule has 1 aliphatic rings. The van der Waals surface area contributed by atoms with Crippen LogP contribution >= 0.6 is 0 Å². The Labute approximate surface area is 101 Å². The number of carbonyl (C=O) groups is 2. The van der Waals surface area contributed by atoms with E-state index < -0.39 is 0 Å². The number of aromatic amines is 1. The number of rotatable bonds is 3. The molecule has 0 saturated carbocycles. The van der Waals surface area contributed by atoms with Crippen LogP contribution in [0.3, 0.4) is 0 Å². The van der Waals surface area contributed by atoms with Crippen molar-refractivity contribution in [1.82, 2.24) is 9.88 Å². The highest BCUT2D eigenvalue weighted by molar-refractivity contribution is 6.06. The molecular weight excluding hydrogens is 216 g/mol. The van der Waals surface area contributed by atoms with Crippen molar-refractivity contribution in [2.45, 2.75) is 32.1 Å². The normalized spacial score (nSPS) is 14.2. The van der Waals surface area contributed by atoms with Crippen molar-refractivity contribution >= 4 is 11.7 Å². The van der Waals surface area contributed by atoms with Crippen LogP contribution in [0.1, 0.15) is 41.0 Å². The zero-order valence-electron chi connectivity index (χ0n) is 10.4. The summed E-state index contributed by atoms with van der Waals surface area (Å²) in [6.07, 6.45) is 4.38. The molecule has 2 rings (SSSR count). The van der Waals surface area contributed by atoms with E-state index in [-0.39, 0.29) is 18.1 Å². The number of nitrogens with one attached hydrogen (secondary N) is 1. The van der Waals surface area contributed by atoms with Crippen LogP contribution in [0.15, 0.2) is 6.07 Å². The highest BCUT2D eigenvalue weighted by Gasteiger charge is 2.18. The molecule has 1 aromatic heterocycles. The maximum Gasteiger partial charge on any atom is 0.229 e. The number of amides is 1. The highest BCUT2D eigenvalue weighted by Crippen LogP contribution is 2.22. The molecule has 1 amide bonds. The number of Topliss-reactive ketones (excluding diaryl/α,β-unsaturated/α-hetero) is 1. The average molecular weight is 234 g/mol. The van der Waals surface area contributed by atoms with Gasteiger partial charge in [-0.25, -0.2) is 0 Å². The van der Waals surface area contributed by atoms with Gasteiger partial charge in [0.25, 0.3) is 0 Å². The van der Waals surface area contributed by atoms with E-state index in [1.54, 1.807) is 14.1 Å². The van der Waals surface area contributed by atoms with Gasteiger partial charge in [-0.1, -0.05) is 0 Å². The third-order valence-corrected chi connectivity index (χ3v) is 3.23. The lowest BCUT2D eigenvalue weighted by atomic mass is 9.98. The summed E-state index contributed by atoms with van der Waals surface area (Å²) in [5.74, 6) is -0.263. The Bertz CT molecular complexity index is 423. The Morgan fingerprint density at radius 3 is 2.65 bits per heavy atom. The van der Waals surface area contributed by atoms with Crippen LogP contribution in [0, 0.1) is 0 Å². The number of carbonyl (C=O) groups excluding carboxylic acids is 2. The van der Waals surface area contributed by atoms with Crippen molar-refractivity contribution in [3.05, 3.63) is 23.0 Å². The van der Waals surface area contributed by atoms with Crippen LogP contribution in [-0.4, -0.2) is 35.7 Å². The van der Waals surface area contributed by atoms with E-state index in [2.05, 4.69) is 4.98 Å². The lowest BCUT2D eigenvalue weighted by Crippen LogP contribution is -2.24. The fourth-order valence-electron chi connectivity index (χ4n) is 2.14. The molecule has 1 aliphatic carbocycles.